The second-order valence-electron chi connectivity index (χ2n) is 6.52. The second kappa shape index (κ2) is 8.27. The van der Waals surface area contributed by atoms with Crippen molar-refractivity contribution in [3.8, 4) is 0 Å². The SMILES string of the molecule is O=c1c2ccc(Cl)cc2nc(SC[C@H]2CCOCO2)n1C[C@H]1CCCO1. The van der Waals surface area contributed by atoms with Crippen molar-refractivity contribution in [3.05, 3.63) is 33.6 Å². The molecule has 2 aliphatic rings. The molecule has 2 atom stereocenters. The fraction of sp³-hybridized carbons (Fsp3) is 0.556. The van der Waals surface area contributed by atoms with Crippen LogP contribution in [0.15, 0.2) is 28.2 Å². The Hall–Kier alpha value is -1.12. The van der Waals surface area contributed by atoms with Gasteiger partial charge >= 0.3 is 0 Å². The van der Waals surface area contributed by atoms with Gasteiger partial charge in [0.25, 0.3) is 5.56 Å². The molecule has 4 rings (SSSR count). The van der Waals surface area contributed by atoms with Crippen LogP contribution in [0, 0.1) is 0 Å². The van der Waals surface area contributed by atoms with E-state index in [2.05, 4.69) is 0 Å². The third kappa shape index (κ3) is 4.07. The Kier molecular flexibility index (Phi) is 5.81. The van der Waals surface area contributed by atoms with Crippen LogP contribution in [-0.2, 0) is 20.8 Å². The summed E-state index contributed by atoms with van der Waals surface area (Å²) < 4.78 is 18.3. The molecule has 0 saturated carbocycles. The fourth-order valence-electron chi connectivity index (χ4n) is 3.24. The van der Waals surface area contributed by atoms with Crippen molar-refractivity contribution in [2.45, 2.75) is 43.2 Å². The lowest BCUT2D eigenvalue weighted by Crippen LogP contribution is -2.30. The largest absolute Gasteiger partial charge is 0.376 e. The van der Waals surface area contributed by atoms with Crippen molar-refractivity contribution >= 4 is 34.3 Å². The van der Waals surface area contributed by atoms with Crippen molar-refractivity contribution in [1.82, 2.24) is 9.55 Å². The van der Waals surface area contributed by atoms with Gasteiger partial charge in [-0.1, -0.05) is 23.4 Å². The summed E-state index contributed by atoms with van der Waals surface area (Å²) in [5, 5.41) is 1.85. The maximum absolute atomic E-state index is 13.1. The number of halogens is 1. The molecule has 26 heavy (non-hydrogen) atoms. The third-order valence-electron chi connectivity index (χ3n) is 4.66. The Morgan fingerprint density at radius 1 is 1.23 bits per heavy atom. The number of thioether (sulfide) groups is 1. The van der Waals surface area contributed by atoms with Crippen LogP contribution in [0.2, 0.25) is 5.02 Å². The van der Waals surface area contributed by atoms with Crippen molar-refractivity contribution in [3.63, 3.8) is 0 Å². The number of aromatic nitrogens is 2. The summed E-state index contributed by atoms with van der Waals surface area (Å²) >= 11 is 7.63. The van der Waals surface area contributed by atoms with Gasteiger partial charge in [-0.25, -0.2) is 4.98 Å². The van der Waals surface area contributed by atoms with Gasteiger partial charge in [-0.15, -0.1) is 0 Å². The van der Waals surface area contributed by atoms with Gasteiger partial charge in [0, 0.05) is 17.4 Å². The molecule has 8 heteroatoms. The van der Waals surface area contributed by atoms with E-state index < -0.39 is 0 Å². The standard InChI is InChI=1S/C18H21ClN2O4S/c19-12-3-4-15-16(8-12)20-18(26-10-14-5-7-23-11-25-14)21(17(15)22)9-13-2-1-6-24-13/h3-4,8,13-14H,1-2,5-7,9-11H2/t13-,14-/m1/s1. The highest BCUT2D eigenvalue weighted by Crippen LogP contribution is 2.24. The quantitative estimate of drug-likeness (QED) is 0.571. The lowest BCUT2D eigenvalue weighted by atomic mass is 10.2. The van der Waals surface area contributed by atoms with Crippen molar-refractivity contribution in [2.24, 2.45) is 0 Å². The topological polar surface area (TPSA) is 62.6 Å². The van der Waals surface area contributed by atoms with Gasteiger partial charge in [0.1, 0.15) is 6.79 Å². The lowest BCUT2D eigenvalue weighted by Gasteiger charge is -2.23. The first-order valence-corrected chi connectivity index (χ1v) is 10.2. The van der Waals surface area contributed by atoms with E-state index in [-0.39, 0.29) is 17.8 Å². The van der Waals surface area contributed by atoms with E-state index in [1.807, 2.05) is 0 Å². The summed E-state index contributed by atoms with van der Waals surface area (Å²) in [6.45, 7) is 2.32. The number of fused-ring (bicyclic) bond motifs is 1. The van der Waals surface area contributed by atoms with Gasteiger partial charge in [0.2, 0.25) is 0 Å². The summed E-state index contributed by atoms with van der Waals surface area (Å²) in [6.07, 6.45) is 3.03. The molecule has 0 bridgehead atoms. The van der Waals surface area contributed by atoms with Gasteiger partial charge in [-0.2, -0.15) is 0 Å². The van der Waals surface area contributed by atoms with Gasteiger partial charge in [0.15, 0.2) is 5.16 Å². The number of ether oxygens (including phenoxy) is 3. The van der Waals surface area contributed by atoms with Gasteiger partial charge < -0.3 is 14.2 Å². The molecule has 0 amide bonds. The van der Waals surface area contributed by atoms with E-state index in [0.717, 1.165) is 31.6 Å². The Labute approximate surface area is 160 Å². The summed E-state index contributed by atoms with van der Waals surface area (Å²) in [5.74, 6) is 0.730. The number of rotatable bonds is 5. The Morgan fingerprint density at radius 3 is 2.92 bits per heavy atom. The molecule has 0 N–H and O–H groups in total. The third-order valence-corrected chi connectivity index (χ3v) is 6.01. The minimum atomic E-state index is -0.0439. The van der Waals surface area contributed by atoms with E-state index >= 15 is 0 Å². The van der Waals surface area contributed by atoms with Crippen molar-refractivity contribution in [1.29, 1.82) is 0 Å². The van der Waals surface area contributed by atoms with Crippen LogP contribution in [0.3, 0.4) is 0 Å². The van der Waals surface area contributed by atoms with Crippen LogP contribution >= 0.6 is 23.4 Å². The highest BCUT2D eigenvalue weighted by molar-refractivity contribution is 7.99. The molecule has 2 saturated heterocycles. The molecular formula is C18H21ClN2O4S. The van der Waals surface area contributed by atoms with Gasteiger partial charge in [-0.3, -0.25) is 9.36 Å². The monoisotopic (exact) mass is 396 g/mol. The molecule has 0 radical (unpaired) electrons. The second-order valence-corrected chi connectivity index (χ2v) is 7.94. The highest BCUT2D eigenvalue weighted by Gasteiger charge is 2.22. The zero-order valence-electron chi connectivity index (χ0n) is 14.4. The number of hydrogen-bond acceptors (Lipinski definition) is 6. The van der Waals surface area contributed by atoms with Gasteiger partial charge in [-0.05, 0) is 37.5 Å². The summed E-state index contributed by atoms with van der Waals surface area (Å²) in [4.78, 5) is 17.8. The van der Waals surface area contributed by atoms with E-state index in [0.29, 0.717) is 41.0 Å². The number of hydrogen-bond donors (Lipinski definition) is 0. The fourth-order valence-corrected chi connectivity index (χ4v) is 4.48. The van der Waals surface area contributed by atoms with Crippen molar-refractivity contribution in [2.75, 3.05) is 25.8 Å². The molecule has 1 aromatic heterocycles. The predicted octanol–water partition coefficient (Wildman–Crippen LogP) is 3.08. The Balaban J connectivity index is 1.65. The Morgan fingerprint density at radius 2 is 2.15 bits per heavy atom. The van der Waals surface area contributed by atoms with Crippen LogP contribution in [0.1, 0.15) is 19.3 Å². The van der Waals surface area contributed by atoms with Crippen LogP contribution < -0.4 is 5.56 Å². The first-order valence-electron chi connectivity index (χ1n) is 8.84. The van der Waals surface area contributed by atoms with Crippen LogP contribution in [-0.4, -0.2) is 47.5 Å². The predicted molar refractivity (Wildman–Crippen MR) is 101 cm³/mol. The molecule has 2 fully saturated rings. The van der Waals surface area contributed by atoms with Crippen LogP contribution in [0.5, 0.6) is 0 Å². The summed E-state index contributed by atoms with van der Waals surface area (Å²) in [7, 11) is 0. The maximum atomic E-state index is 13.1. The zero-order chi connectivity index (χ0) is 17.9. The maximum Gasteiger partial charge on any atom is 0.262 e. The number of benzene rings is 1. The minimum Gasteiger partial charge on any atom is -0.376 e. The van der Waals surface area contributed by atoms with Gasteiger partial charge in [0.05, 0.1) is 36.3 Å². The summed E-state index contributed by atoms with van der Waals surface area (Å²) in [5.41, 5.74) is 0.582. The molecule has 1 aromatic carbocycles. The molecule has 6 nitrogen and oxygen atoms in total. The molecule has 2 aromatic rings. The molecular weight excluding hydrogens is 376 g/mol. The molecule has 0 aliphatic carbocycles. The minimum absolute atomic E-state index is 0.0439. The molecule has 0 spiro atoms. The average molecular weight is 397 g/mol. The van der Waals surface area contributed by atoms with E-state index in [9.17, 15) is 4.79 Å². The molecule has 2 aliphatic heterocycles. The summed E-state index contributed by atoms with van der Waals surface area (Å²) in [6, 6.07) is 5.21. The Bertz CT molecular complexity index is 832. The molecule has 140 valence electrons. The average Bonchev–Trinajstić information content (AvgIpc) is 3.16. The molecule has 0 unspecified atom stereocenters. The number of nitrogens with zero attached hydrogens (tertiary/aromatic N) is 2. The van der Waals surface area contributed by atoms with E-state index in [4.69, 9.17) is 30.8 Å². The van der Waals surface area contributed by atoms with Crippen LogP contribution in [0.25, 0.3) is 10.9 Å². The molecule has 3 heterocycles. The first kappa shape index (κ1) is 18.3. The van der Waals surface area contributed by atoms with Crippen LogP contribution in [0.4, 0.5) is 0 Å². The highest BCUT2D eigenvalue weighted by atomic mass is 35.5. The van der Waals surface area contributed by atoms with Crippen molar-refractivity contribution < 1.29 is 14.2 Å². The zero-order valence-corrected chi connectivity index (χ0v) is 15.9. The van der Waals surface area contributed by atoms with E-state index in [1.54, 1.807) is 34.5 Å². The van der Waals surface area contributed by atoms with E-state index in [1.165, 1.54) is 0 Å². The smallest absolute Gasteiger partial charge is 0.262 e. The lowest BCUT2D eigenvalue weighted by molar-refractivity contribution is -0.130. The normalized spacial score (nSPS) is 23.6. The first-order chi connectivity index (χ1) is 12.7.